The minimum Gasteiger partial charge on any atom is -0.508 e. The van der Waals surface area contributed by atoms with Gasteiger partial charge >= 0.3 is 11.3 Å². The van der Waals surface area contributed by atoms with Gasteiger partial charge in [0.05, 0.1) is 0 Å². The van der Waals surface area contributed by atoms with Crippen LogP contribution in [0.25, 0.3) is 44.8 Å². The summed E-state index contributed by atoms with van der Waals surface area (Å²) in [6, 6.07) is 11.7. The van der Waals surface area contributed by atoms with Gasteiger partial charge in [-0.2, -0.15) is 0 Å². The molecule has 3 aromatic heterocycles. The molecule has 9 heteroatoms. The second-order valence-electron chi connectivity index (χ2n) is 6.25. The Morgan fingerprint density at radius 2 is 1.07 bits per heavy atom. The zero-order chi connectivity index (χ0) is 20.1. The molecule has 3 heterocycles. The van der Waals surface area contributed by atoms with Crippen LogP contribution in [0, 0.1) is 0 Å². The summed E-state index contributed by atoms with van der Waals surface area (Å²) in [7, 11) is 0. The number of phenols is 2. The van der Waals surface area contributed by atoms with Gasteiger partial charge in [-0.05, 0) is 36.4 Å². The van der Waals surface area contributed by atoms with Crippen molar-refractivity contribution < 1.29 is 23.5 Å². The van der Waals surface area contributed by atoms with E-state index in [0.29, 0.717) is 10.8 Å². The maximum absolute atomic E-state index is 12.3. The van der Waals surface area contributed by atoms with Crippen molar-refractivity contribution in [2.45, 2.75) is 0 Å². The van der Waals surface area contributed by atoms with Gasteiger partial charge in [-0.3, -0.25) is 0 Å². The zero-order valence-electron chi connectivity index (χ0n) is 14.4. The van der Waals surface area contributed by atoms with Crippen molar-refractivity contribution in [3.05, 3.63) is 69.4 Å². The second-order valence-corrected chi connectivity index (χ2v) is 6.25. The van der Waals surface area contributed by atoms with E-state index in [1.54, 1.807) is 12.1 Å². The number of aromatic nitrogens is 2. The normalized spacial score (nSPS) is 11.3. The highest BCUT2D eigenvalue weighted by atomic mass is 16.4. The molecule has 0 fully saturated rings. The molecular weight excluding hydrogens is 380 g/mol. The third-order valence-corrected chi connectivity index (χ3v) is 4.32. The lowest BCUT2D eigenvalue weighted by molar-refractivity contribution is 0.472. The molecule has 0 saturated carbocycles. The Balaban J connectivity index is 1.63. The number of fused-ring (bicyclic) bond motifs is 2. The van der Waals surface area contributed by atoms with Gasteiger partial charge in [0.1, 0.15) is 33.8 Å². The lowest BCUT2D eigenvalue weighted by Gasteiger charge is -2.00. The molecule has 9 nitrogen and oxygen atoms in total. The van der Waals surface area contributed by atoms with Gasteiger partial charge in [0.2, 0.25) is 0 Å². The van der Waals surface area contributed by atoms with Crippen LogP contribution in [-0.4, -0.2) is 20.4 Å². The molecule has 0 unspecified atom stereocenters. The average molecular weight is 390 g/mol. The van der Waals surface area contributed by atoms with Gasteiger partial charge in [-0.15, -0.1) is 10.2 Å². The van der Waals surface area contributed by atoms with Crippen molar-refractivity contribution in [3.63, 3.8) is 0 Å². The molecule has 5 rings (SSSR count). The minimum absolute atomic E-state index is 0.0111. The van der Waals surface area contributed by atoms with Gasteiger partial charge in [-0.25, -0.2) is 9.59 Å². The highest BCUT2D eigenvalue weighted by Gasteiger charge is 2.19. The molecule has 0 aliphatic carbocycles. The van der Waals surface area contributed by atoms with Crippen LogP contribution >= 0.6 is 0 Å². The Kier molecular flexibility index (Phi) is 3.50. The van der Waals surface area contributed by atoms with E-state index in [1.807, 2.05) is 0 Å². The predicted molar refractivity (Wildman–Crippen MR) is 101 cm³/mol. The first-order chi connectivity index (χ1) is 14.0. The fourth-order valence-corrected chi connectivity index (χ4v) is 2.94. The van der Waals surface area contributed by atoms with Crippen molar-refractivity contribution in [3.8, 4) is 34.4 Å². The third-order valence-electron chi connectivity index (χ3n) is 4.32. The molecule has 0 aliphatic rings. The average Bonchev–Trinajstić information content (AvgIpc) is 3.16. The van der Waals surface area contributed by atoms with Gasteiger partial charge < -0.3 is 23.5 Å². The molecule has 2 aromatic carbocycles. The molecule has 5 aromatic rings. The molecule has 2 N–H and O–H groups in total. The van der Waals surface area contributed by atoms with Gasteiger partial charge in [0.15, 0.2) is 0 Å². The summed E-state index contributed by atoms with van der Waals surface area (Å²) in [5.41, 5.74) is -1.04. The summed E-state index contributed by atoms with van der Waals surface area (Å²) in [5.74, 6) is -0.336. The Bertz CT molecular complexity index is 1410. The van der Waals surface area contributed by atoms with Crippen molar-refractivity contribution in [1.29, 1.82) is 0 Å². The second kappa shape index (κ2) is 6.06. The summed E-state index contributed by atoms with van der Waals surface area (Å²) in [5, 5.41) is 27.8. The van der Waals surface area contributed by atoms with Crippen LogP contribution in [0.1, 0.15) is 0 Å². The van der Waals surface area contributed by atoms with Crippen LogP contribution in [0.2, 0.25) is 0 Å². The zero-order valence-corrected chi connectivity index (χ0v) is 14.4. The Hall–Kier alpha value is -4.40. The van der Waals surface area contributed by atoms with E-state index < -0.39 is 11.3 Å². The number of hydrogen-bond acceptors (Lipinski definition) is 9. The van der Waals surface area contributed by atoms with Gasteiger partial charge in [0.25, 0.3) is 11.8 Å². The van der Waals surface area contributed by atoms with Crippen molar-refractivity contribution >= 4 is 21.9 Å². The number of phenolic OH excluding ortho intramolecular Hbond substituents is 2. The fourth-order valence-electron chi connectivity index (χ4n) is 2.94. The lowest BCUT2D eigenvalue weighted by atomic mass is 10.2. The third kappa shape index (κ3) is 2.81. The van der Waals surface area contributed by atoms with Crippen molar-refractivity contribution in [2.75, 3.05) is 0 Å². The van der Waals surface area contributed by atoms with Crippen LogP contribution in [0.15, 0.2) is 71.4 Å². The number of rotatable bonds is 2. The fraction of sp³-hybridized carbons (Fsp3) is 0. The molecular formula is C20H10N2O7. The van der Waals surface area contributed by atoms with Gasteiger partial charge in [0, 0.05) is 22.9 Å². The Morgan fingerprint density at radius 1 is 0.621 bits per heavy atom. The summed E-state index contributed by atoms with van der Waals surface area (Å²) >= 11 is 0. The SMILES string of the molecule is O=c1oc2cc(O)ccc2cc1-c1nnc(-c2cc3ccc(O)cc3oc2=O)o1. The van der Waals surface area contributed by atoms with E-state index in [2.05, 4.69) is 10.2 Å². The monoisotopic (exact) mass is 390 g/mol. The number of nitrogens with zero attached hydrogens (tertiary/aromatic N) is 2. The molecule has 0 atom stereocenters. The smallest absolute Gasteiger partial charge is 0.349 e. The molecule has 0 aliphatic heterocycles. The van der Waals surface area contributed by atoms with E-state index in [9.17, 15) is 19.8 Å². The first-order valence-corrected chi connectivity index (χ1v) is 8.36. The van der Waals surface area contributed by atoms with Crippen LogP contribution < -0.4 is 11.3 Å². The van der Waals surface area contributed by atoms with E-state index in [-0.39, 0.29) is 45.6 Å². The van der Waals surface area contributed by atoms with Crippen LogP contribution in [-0.2, 0) is 0 Å². The summed E-state index contributed by atoms with van der Waals surface area (Å²) < 4.78 is 15.9. The van der Waals surface area contributed by atoms with E-state index in [0.717, 1.165) is 0 Å². The minimum atomic E-state index is -0.737. The molecule has 0 spiro atoms. The van der Waals surface area contributed by atoms with Crippen LogP contribution in [0.4, 0.5) is 0 Å². The standard InChI is InChI=1S/C20H10N2O7/c23-11-3-1-9-5-13(19(25)27-15(9)7-11)17-21-22-18(29-17)14-6-10-2-4-12(24)8-16(10)28-20(14)26/h1-8,23-24H. The maximum atomic E-state index is 12.3. The lowest BCUT2D eigenvalue weighted by Crippen LogP contribution is -2.03. The van der Waals surface area contributed by atoms with E-state index in [1.165, 1.54) is 36.4 Å². The molecule has 0 bridgehead atoms. The molecule has 142 valence electrons. The molecule has 29 heavy (non-hydrogen) atoms. The van der Waals surface area contributed by atoms with Crippen LogP contribution in [0.5, 0.6) is 11.5 Å². The largest absolute Gasteiger partial charge is 0.508 e. The molecule has 0 radical (unpaired) electrons. The van der Waals surface area contributed by atoms with Gasteiger partial charge in [-0.1, -0.05) is 0 Å². The first-order valence-electron chi connectivity index (χ1n) is 8.36. The topological polar surface area (TPSA) is 140 Å². The highest BCUT2D eigenvalue weighted by molar-refractivity contribution is 5.82. The Labute approximate surface area is 160 Å². The Morgan fingerprint density at radius 3 is 1.52 bits per heavy atom. The summed E-state index contributed by atoms with van der Waals surface area (Å²) in [6.07, 6.45) is 0. The summed E-state index contributed by atoms with van der Waals surface area (Å²) in [4.78, 5) is 24.6. The number of aromatic hydroxyl groups is 2. The van der Waals surface area contributed by atoms with Crippen LogP contribution in [0.3, 0.4) is 0 Å². The first kappa shape index (κ1) is 16.8. The van der Waals surface area contributed by atoms with E-state index >= 15 is 0 Å². The molecule has 0 saturated heterocycles. The van der Waals surface area contributed by atoms with E-state index in [4.69, 9.17) is 13.3 Å². The number of hydrogen-bond donors (Lipinski definition) is 2. The maximum Gasteiger partial charge on any atom is 0.349 e. The summed E-state index contributed by atoms with van der Waals surface area (Å²) in [6.45, 7) is 0. The van der Waals surface area contributed by atoms with Crippen molar-refractivity contribution in [2.24, 2.45) is 0 Å². The van der Waals surface area contributed by atoms with Crippen molar-refractivity contribution in [1.82, 2.24) is 10.2 Å². The predicted octanol–water partition coefficient (Wildman–Crippen LogP) is 3.03. The quantitative estimate of drug-likeness (QED) is 0.435. The highest BCUT2D eigenvalue weighted by Crippen LogP contribution is 2.27. The molecule has 0 amide bonds. The number of benzene rings is 2.